The van der Waals surface area contributed by atoms with Crippen molar-refractivity contribution in [2.24, 2.45) is 0 Å². The molecular formula is C22H18BrNO2S. The number of rotatable bonds is 6. The van der Waals surface area contributed by atoms with Crippen LogP contribution in [0.5, 0.6) is 0 Å². The highest BCUT2D eigenvalue weighted by atomic mass is 79.9. The Morgan fingerprint density at radius 1 is 0.926 bits per heavy atom. The fraction of sp³-hybridized carbons (Fsp3) is 0.0909. The van der Waals surface area contributed by atoms with Gasteiger partial charge in [0.25, 0.3) is 5.91 Å². The normalized spacial score (nSPS) is 10.4. The highest BCUT2D eigenvalue weighted by Gasteiger charge is 2.16. The van der Waals surface area contributed by atoms with Gasteiger partial charge in [-0.2, -0.15) is 0 Å². The van der Waals surface area contributed by atoms with Crippen molar-refractivity contribution < 1.29 is 9.59 Å². The number of thioether (sulfide) groups is 1. The van der Waals surface area contributed by atoms with Gasteiger partial charge in [0.15, 0.2) is 5.78 Å². The molecule has 0 bridgehead atoms. The second-order valence-electron chi connectivity index (χ2n) is 5.80. The summed E-state index contributed by atoms with van der Waals surface area (Å²) in [6, 6.07) is 21.8. The predicted molar refractivity (Wildman–Crippen MR) is 115 cm³/mol. The summed E-state index contributed by atoms with van der Waals surface area (Å²) in [7, 11) is 0. The SMILES string of the molecule is CCSc1cccc(C(=O)Nc2ccc(Br)cc2C(=O)c2ccccc2)c1. The molecule has 3 rings (SSSR count). The van der Waals surface area contributed by atoms with Gasteiger partial charge in [0, 0.05) is 26.1 Å². The zero-order valence-corrected chi connectivity index (χ0v) is 17.1. The van der Waals surface area contributed by atoms with Crippen molar-refractivity contribution in [2.45, 2.75) is 11.8 Å². The van der Waals surface area contributed by atoms with Gasteiger partial charge in [0.2, 0.25) is 0 Å². The van der Waals surface area contributed by atoms with Gasteiger partial charge in [-0.15, -0.1) is 11.8 Å². The van der Waals surface area contributed by atoms with E-state index in [1.807, 2.05) is 36.4 Å². The number of carbonyl (C=O) groups excluding carboxylic acids is 2. The molecule has 0 aliphatic heterocycles. The Morgan fingerprint density at radius 3 is 2.41 bits per heavy atom. The molecule has 0 aliphatic rings. The molecule has 1 amide bonds. The molecule has 0 aromatic heterocycles. The zero-order valence-electron chi connectivity index (χ0n) is 14.7. The fourth-order valence-electron chi connectivity index (χ4n) is 2.65. The third-order valence-electron chi connectivity index (χ3n) is 3.92. The van der Waals surface area contributed by atoms with E-state index in [4.69, 9.17) is 0 Å². The first-order chi connectivity index (χ1) is 13.1. The summed E-state index contributed by atoms with van der Waals surface area (Å²) in [6.45, 7) is 2.07. The number of benzene rings is 3. The Labute approximate surface area is 171 Å². The summed E-state index contributed by atoms with van der Waals surface area (Å²) in [4.78, 5) is 26.7. The van der Waals surface area contributed by atoms with Gasteiger partial charge in [-0.1, -0.05) is 59.3 Å². The third-order valence-corrected chi connectivity index (χ3v) is 5.29. The number of carbonyl (C=O) groups is 2. The molecule has 5 heteroatoms. The Bertz CT molecular complexity index is 973. The summed E-state index contributed by atoms with van der Waals surface area (Å²) in [5, 5.41) is 2.88. The minimum atomic E-state index is -0.238. The van der Waals surface area contributed by atoms with E-state index < -0.39 is 0 Å². The van der Waals surface area contributed by atoms with E-state index in [0.29, 0.717) is 22.4 Å². The smallest absolute Gasteiger partial charge is 0.255 e. The molecule has 0 unspecified atom stereocenters. The average Bonchev–Trinajstić information content (AvgIpc) is 2.70. The van der Waals surface area contributed by atoms with Crippen LogP contribution in [-0.2, 0) is 0 Å². The Kier molecular flexibility index (Phi) is 6.48. The van der Waals surface area contributed by atoms with Gasteiger partial charge < -0.3 is 5.32 Å². The number of nitrogens with one attached hydrogen (secondary N) is 1. The lowest BCUT2D eigenvalue weighted by atomic mass is 10.0. The van der Waals surface area contributed by atoms with Gasteiger partial charge >= 0.3 is 0 Å². The van der Waals surface area contributed by atoms with Crippen molar-refractivity contribution >= 4 is 45.1 Å². The number of ketones is 1. The molecule has 0 radical (unpaired) electrons. The minimum absolute atomic E-state index is 0.137. The van der Waals surface area contributed by atoms with Crippen LogP contribution in [0, 0.1) is 0 Å². The summed E-state index contributed by atoms with van der Waals surface area (Å²) in [6.07, 6.45) is 0. The van der Waals surface area contributed by atoms with E-state index >= 15 is 0 Å². The standard InChI is InChI=1S/C22H18BrNO2S/c1-2-27-18-10-6-9-16(13-18)22(26)24-20-12-11-17(23)14-19(20)21(25)15-7-4-3-5-8-15/h3-14H,2H2,1H3,(H,24,26). The van der Waals surface area contributed by atoms with Gasteiger partial charge in [0.05, 0.1) is 5.69 Å². The monoisotopic (exact) mass is 439 g/mol. The molecule has 0 heterocycles. The van der Waals surface area contributed by atoms with Crippen molar-refractivity contribution in [1.82, 2.24) is 0 Å². The second-order valence-corrected chi connectivity index (χ2v) is 8.05. The lowest BCUT2D eigenvalue weighted by Crippen LogP contribution is -2.15. The maximum atomic E-state index is 12.9. The fourth-order valence-corrected chi connectivity index (χ4v) is 3.73. The van der Waals surface area contributed by atoms with Crippen LogP contribution < -0.4 is 5.32 Å². The predicted octanol–water partition coefficient (Wildman–Crippen LogP) is 6.04. The second kappa shape index (κ2) is 9.02. The molecule has 3 aromatic rings. The number of anilines is 1. The molecule has 3 nitrogen and oxygen atoms in total. The van der Waals surface area contributed by atoms with Crippen LogP contribution in [-0.4, -0.2) is 17.4 Å². The maximum absolute atomic E-state index is 12.9. The van der Waals surface area contributed by atoms with Crippen molar-refractivity contribution in [3.63, 3.8) is 0 Å². The molecular weight excluding hydrogens is 422 g/mol. The molecule has 0 atom stereocenters. The van der Waals surface area contributed by atoms with Crippen LogP contribution in [0.25, 0.3) is 0 Å². The van der Waals surface area contributed by atoms with Crippen molar-refractivity contribution in [3.05, 3.63) is 94.0 Å². The molecule has 3 aromatic carbocycles. The van der Waals surface area contributed by atoms with Crippen molar-refractivity contribution in [3.8, 4) is 0 Å². The van der Waals surface area contributed by atoms with E-state index in [1.165, 1.54) is 0 Å². The summed E-state index contributed by atoms with van der Waals surface area (Å²) in [5.74, 6) is 0.563. The summed E-state index contributed by atoms with van der Waals surface area (Å²) >= 11 is 5.09. The first-order valence-corrected chi connectivity index (χ1v) is 10.3. The topological polar surface area (TPSA) is 46.2 Å². The van der Waals surface area contributed by atoms with Crippen LogP contribution >= 0.6 is 27.7 Å². The number of hydrogen-bond acceptors (Lipinski definition) is 3. The average molecular weight is 440 g/mol. The van der Waals surface area contributed by atoms with E-state index in [-0.39, 0.29) is 11.7 Å². The molecule has 0 saturated heterocycles. The lowest BCUT2D eigenvalue weighted by molar-refractivity contribution is 0.102. The zero-order chi connectivity index (χ0) is 19.2. The summed E-state index contributed by atoms with van der Waals surface area (Å²) < 4.78 is 0.779. The number of hydrogen-bond donors (Lipinski definition) is 1. The van der Waals surface area contributed by atoms with Crippen LogP contribution in [0.4, 0.5) is 5.69 Å². The third kappa shape index (κ3) is 4.87. The molecule has 0 fully saturated rings. The highest BCUT2D eigenvalue weighted by molar-refractivity contribution is 9.10. The highest BCUT2D eigenvalue weighted by Crippen LogP contribution is 2.25. The first-order valence-electron chi connectivity index (χ1n) is 8.52. The minimum Gasteiger partial charge on any atom is -0.321 e. The maximum Gasteiger partial charge on any atom is 0.255 e. The number of halogens is 1. The Balaban J connectivity index is 1.90. The van der Waals surface area contributed by atoms with E-state index in [2.05, 4.69) is 28.2 Å². The number of amides is 1. The quantitative estimate of drug-likeness (QED) is 0.375. The van der Waals surface area contributed by atoms with E-state index in [1.54, 1.807) is 48.2 Å². The molecule has 0 saturated carbocycles. The van der Waals surface area contributed by atoms with Crippen molar-refractivity contribution in [2.75, 3.05) is 11.1 Å². The summed E-state index contributed by atoms with van der Waals surface area (Å²) in [5.41, 5.74) is 2.08. The Morgan fingerprint density at radius 2 is 1.67 bits per heavy atom. The van der Waals surface area contributed by atoms with Crippen LogP contribution in [0.3, 0.4) is 0 Å². The Hall–Kier alpha value is -2.37. The molecule has 1 N–H and O–H groups in total. The largest absolute Gasteiger partial charge is 0.321 e. The molecule has 0 aliphatic carbocycles. The van der Waals surface area contributed by atoms with E-state index in [9.17, 15) is 9.59 Å². The molecule has 27 heavy (non-hydrogen) atoms. The molecule has 0 spiro atoms. The van der Waals surface area contributed by atoms with Gasteiger partial charge in [0.1, 0.15) is 0 Å². The van der Waals surface area contributed by atoms with Gasteiger partial charge in [-0.05, 0) is 42.2 Å². The van der Waals surface area contributed by atoms with Crippen molar-refractivity contribution in [1.29, 1.82) is 0 Å². The van der Waals surface area contributed by atoms with E-state index in [0.717, 1.165) is 15.1 Å². The van der Waals surface area contributed by atoms with Crippen LogP contribution in [0.2, 0.25) is 0 Å². The van der Waals surface area contributed by atoms with Gasteiger partial charge in [-0.3, -0.25) is 9.59 Å². The molecule has 136 valence electrons. The van der Waals surface area contributed by atoms with Gasteiger partial charge in [-0.25, -0.2) is 0 Å². The van der Waals surface area contributed by atoms with Crippen LogP contribution in [0.1, 0.15) is 33.2 Å². The van der Waals surface area contributed by atoms with Crippen LogP contribution in [0.15, 0.2) is 82.2 Å². The lowest BCUT2D eigenvalue weighted by Gasteiger charge is -2.12. The first kappa shape index (κ1) is 19.4.